The molecule has 8 heteroatoms. The monoisotopic (exact) mass is 364 g/mol. The van der Waals surface area contributed by atoms with Gasteiger partial charge in [-0.15, -0.1) is 0 Å². The molecular weight excluding hydrogens is 340 g/mol. The lowest BCUT2D eigenvalue weighted by molar-refractivity contribution is 0.226. The summed E-state index contributed by atoms with van der Waals surface area (Å²) in [6.45, 7) is 2.42. The summed E-state index contributed by atoms with van der Waals surface area (Å²) in [5.74, 6) is 1.14. The number of halogens is 1. The Morgan fingerprint density at radius 3 is 2.76 bits per heavy atom. The van der Waals surface area contributed by atoms with E-state index >= 15 is 0 Å². The molecule has 0 bridgehead atoms. The van der Waals surface area contributed by atoms with E-state index < -0.39 is 0 Å². The van der Waals surface area contributed by atoms with Crippen LogP contribution in [-0.4, -0.2) is 62.5 Å². The van der Waals surface area contributed by atoms with E-state index in [2.05, 4.69) is 32.3 Å². The van der Waals surface area contributed by atoms with Crippen molar-refractivity contribution < 1.29 is 5.11 Å². The van der Waals surface area contributed by atoms with Crippen LogP contribution in [0.4, 0.5) is 5.82 Å². The van der Waals surface area contributed by atoms with E-state index in [1.165, 1.54) is 0 Å². The Kier molecular flexibility index (Phi) is 4.80. The number of fused-ring (bicyclic) bond motifs is 1. The van der Waals surface area contributed by atoms with Crippen LogP contribution in [0.25, 0.3) is 11.0 Å². The number of aromatic nitrogens is 4. The van der Waals surface area contributed by atoms with Gasteiger partial charge in [0.15, 0.2) is 5.65 Å². The zero-order valence-corrected chi connectivity index (χ0v) is 15.3. The van der Waals surface area contributed by atoms with Crippen LogP contribution in [0.5, 0.6) is 0 Å². The standard InChI is InChI=1S/C17H25ClN6O/c1-23-6-4-12(5-7-23)20-15-14-9-19-24(16(14)22-17(18)21-15)13-3-2-11(8-13)10-25/h9,11-13,25H,2-8,10H2,1H3,(H,20,21,22). The highest BCUT2D eigenvalue weighted by Gasteiger charge is 2.28. The summed E-state index contributed by atoms with van der Waals surface area (Å²) in [7, 11) is 2.15. The van der Waals surface area contributed by atoms with Crippen molar-refractivity contribution in [1.82, 2.24) is 24.6 Å². The highest BCUT2D eigenvalue weighted by molar-refractivity contribution is 6.28. The van der Waals surface area contributed by atoms with E-state index in [0.717, 1.165) is 62.0 Å². The number of hydrogen-bond acceptors (Lipinski definition) is 6. The van der Waals surface area contributed by atoms with Gasteiger partial charge >= 0.3 is 0 Å². The van der Waals surface area contributed by atoms with Crippen LogP contribution in [0.1, 0.15) is 38.1 Å². The number of aliphatic hydroxyl groups is 1. The largest absolute Gasteiger partial charge is 0.396 e. The third-order valence-corrected chi connectivity index (χ3v) is 5.77. The van der Waals surface area contributed by atoms with E-state index in [1.54, 1.807) is 0 Å². The fraction of sp³-hybridized carbons (Fsp3) is 0.706. The van der Waals surface area contributed by atoms with Crippen molar-refractivity contribution in [1.29, 1.82) is 0 Å². The molecule has 136 valence electrons. The van der Waals surface area contributed by atoms with Gasteiger partial charge in [0.05, 0.1) is 17.6 Å². The number of hydrogen-bond donors (Lipinski definition) is 2. The van der Waals surface area contributed by atoms with Crippen molar-refractivity contribution in [2.24, 2.45) is 5.92 Å². The van der Waals surface area contributed by atoms with Crippen LogP contribution >= 0.6 is 11.6 Å². The zero-order chi connectivity index (χ0) is 17.4. The van der Waals surface area contributed by atoms with Crippen LogP contribution in [0.15, 0.2) is 6.20 Å². The summed E-state index contributed by atoms with van der Waals surface area (Å²) in [4.78, 5) is 11.2. The van der Waals surface area contributed by atoms with Crippen LogP contribution in [0.2, 0.25) is 5.28 Å². The minimum Gasteiger partial charge on any atom is -0.396 e. The van der Waals surface area contributed by atoms with E-state index in [-0.39, 0.29) is 17.9 Å². The lowest BCUT2D eigenvalue weighted by atomic mass is 10.1. The molecule has 1 aliphatic carbocycles. The summed E-state index contributed by atoms with van der Waals surface area (Å²) in [6, 6.07) is 0.677. The highest BCUT2D eigenvalue weighted by atomic mass is 35.5. The maximum Gasteiger partial charge on any atom is 0.226 e. The van der Waals surface area contributed by atoms with E-state index in [1.807, 2.05) is 10.9 Å². The summed E-state index contributed by atoms with van der Waals surface area (Å²) in [5, 5.41) is 18.7. The first-order chi connectivity index (χ1) is 12.1. The smallest absolute Gasteiger partial charge is 0.226 e. The number of aliphatic hydroxyl groups excluding tert-OH is 1. The van der Waals surface area contributed by atoms with Gasteiger partial charge in [-0.2, -0.15) is 15.1 Å². The van der Waals surface area contributed by atoms with Gasteiger partial charge < -0.3 is 15.3 Å². The van der Waals surface area contributed by atoms with E-state index in [9.17, 15) is 5.11 Å². The number of nitrogens with one attached hydrogen (secondary N) is 1. The van der Waals surface area contributed by atoms with Gasteiger partial charge in [0.1, 0.15) is 5.82 Å². The Balaban J connectivity index is 1.60. The Morgan fingerprint density at radius 2 is 2.04 bits per heavy atom. The molecule has 4 rings (SSSR count). The maximum absolute atomic E-state index is 9.39. The maximum atomic E-state index is 9.39. The molecule has 2 atom stereocenters. The number of nitrogens with zero attached hydrogens (tertiary/aromatic N) is 5. The molecule has 2 aromatic rings. The SMILES string of the molecule is CN1CCC(Nc2nc(Cl)nc3c2cnn3C2CCC(CO)C2)CC1. The molecule has 0 spiro atoms. The molecule has 25 heavy (non-hydrogen) atoms. The van der Waals surface area contributed by atoms with Gasteiger partial charge in [-0.3, -0.25) is 0 Å². The molecule has 1 saturated heterocycles. The molecule has 2 N–H and O–H groups in total. The third kappa shape index (κ3) is 3.45. The quantitative estimate of drug-likeness (QED) is 0.810. The second kappa shape index (κ2) is 7.05. The Hall–Kier alpha value is -1.44. The lowest BCUT2D eigenvalue weighted by Crippen LogP contribution is -2.36. The molecule has 7 nitrogen and oxygen atoms in total. The van der Waals surface area contributed by atoms with E-state index in [4.69, 9.17) is 11.6 Å². The average Bonchev–Trinajstić information content (AvgIpc) is 3.23. The Bertz CT molecular complexity index is 742. The molecule has 0 amide bonds. The summed E-state index contributed by atoms with van der Waals surface area (Å²) >= 11 is 6.20. The van der Waals surface area contributed by atoms with Crippen LogP contribution in [-0.2, 0) is 0 Å². The Labute approximate surface area is 152 Å². The second-order valence-corrected chi connectivity index (χ2v) is 7.74. The average molecular weight is 365 g/mol. The molecule has 0 aromatic carbocycles. The molecule has 2 aliphatic rings. The number of likely N-dealkylation sites (tertiary alicyclic amines) is 1. The predicted octanol–water partition coefficient (Wildman–Crippen LogP) is 2.32. The van der Waals surface area contributed by atoms with Crippen molar-refractivity contribution in [2.75, 3.05) is 32.1 Å². The first-order valence-corrected chi connectivity index (χ1v) is 9.48. The van der Waals surface area contributed by atoms with Gasteiger partial charge in [0.2, 0.25) is 5.28 Å². The van der Waals surface area contributed by atoms with Gasteiger partial charge in [0.25, 0.3) is 0 Å². The first kappa shape index (κ1) is 17.0. The second-order valence-electron chi connectivity index (χ2n) is 7.41. The van der Waals surface area contributed by atoms with Crippen LogP contribution in [0, 0.1) is 5.92 Å². The minimum absolute atomic E-state index is 0.244. The number of anilines is 1. The normalized spacial score (nSPS) is 25.7. The van der Waals surface area contributed by atoms with Gasteiger partial charge in [0, 0.05) is 12.6 Å². The first-order valence-electron chi connectivity index (χ1n) is 9.10. The number of rotatable bonds is 4. The fourth-order valence-corrected chi connectivity index (χ4v) is 4.22. The number of piperidine rings is 1. The molecule has 2 fully saturated rings. The third-order valence-electron chi connectivity index (χ3n) is 5.60. The molecule has 1 saturated carbocycles. The summed E-state index contributed by atoms with van der Waals surface area (Å²) in [5.41, 5.74) is 0.791. The van der Waals surface area contributed by atoms with Crippen molar-refractivity contribution in [3.8, 4) is 0 Å². The Morgan fingerprint density at radius 1 is 1.24 bits per heavy atom. The van der Waals surface area contributed by atoms with Crippen molar-refractivity contribution in [2.45, 2.75) is 44.2 Å². The van der Waals surface area contributed by atoms with Gasteiger partial charge in [-0.1, -0.05) is 0 Å². The van der Waals surface area contributed by atoms with Crippen LogP contribution < -0.4 is 5.32 Å². The zero-order valence-electron chi connectivity index (χ0n) is 14.5. The molecule has 0 radical (unpaired) electrons. The molecule has 3 heterocycles. The summed E-state index contributed by atoms with van der Waals surface area (Å²) < 4.78 is 1.97. The lowest BCUT2D eigenvalue weighted by Gasteiger charge is -2.29. The van der Waals surface area contributed by atoms with Crippen molar-refractivity contribution in [3.63, 3.8) is 0 Å². The molecule has 1 aliphatic heterocycles. The van der Waals surface area contributed by atoms with Crippen molar-refractivity contribution in [3.05, 3.63) is 11.5 Å². The van der Waals surface area contributed by atoms with Crippen LogP contribution in [0.3, 0.4) is 0 Å². The topological polar surface area (TPSA) is 79.1 Å². The summed E-state index contributed by atoms with van der Waals surface area (Å²) in [6.07, 6.45) is 7.01. The van der Waals surface area contributed by atoms with Crippen molar-refractivity contribution >= 4 is 28.5 Å². The predicted molar refractivity (Wildman–Crippen MR) is 97.9 cm³/mol. The van der Waals surface area contributed by atoms with E-state index in [0.29, 0.717) is 12.0 Å². The molecular formula is C17H25ClN6O. The molecule has 2 aromatic heterocycles. The minimum atomic E-state index is 0.244. The molecule has 2 unspecified atom stereocenters. The fourth-order valence-electron chi connectivity index (χ4n) is 4.06. The van der Waals surface area contributed by atoms with Gasteiger partial charge in [-0.05, 0) is 69.8 Å². The highest BCUT2D eigenvalue weighted by Crippen LogP contribution is 2.36. The van der Waals surface area contributed by atoms with Gasteiger partial charge in [-0.25, -0.2) is 4.68 Å².